The van der Waals surface area contributed by atoms with E-state index in [0.29, 0.717) is 11.1 Å². The second-order valence-electron chi connectivity index (χ2n) is 7.77. The van der Waals surface area contributed by atoms with Crippen molar-refractivity contribution in [3.8, 4) is 0 Å². The summed E-state index contributed by atoms with van der Waals surface area (Å²) >= 11 is 0. The van der Waals surface area contributed by atoms with Gasteiger partial charge in [0, 0.05) is 24.2 Å². The van der Waals surface area contributed by atoms with Gasteiger partial charge in [0.05, 0.1) is 6.54 Å². The number of likely N-dealkylation sites (tertiary alicyclic amines) is 1. The number of imide groups is 1. The second-order valence-corrected chi connectivity index (χ2v) is 7.77. The molecule has 4 amide bonds. The summed E-state index contributed by atoms with van der Waals surface area (Å²) in [6, 6.07) is 8.80. The molecule has 0 saturated carbocycles. The molecule has 2 aromatic carbocycles. The van der Waals surface area contributed by atoms with Crippen LogP contribution < -0.4 is 5.32 Å². The SMILES string of the molecule is CC1(c2cc(F)ccc2F)NC(=O)N(Cc2ccc(C(=O)N3CCCC3)cc2)C1=O. The smallest absolute Gasteiger partial charge is 0.325 e. The molecule has 2 fully saturated rings. The van der Waals surface area contributed by atoms with E-state index in [1.807, 2.05) is 0 Å². The maximum absolute atomic E-state index is 14.2. The molecule has 1 atom stereocenters. The van der Waals surface area contributed by atoms with Crippen molar-refractivity contribution in [3.63, 3.8) is 0 Å². The summed E-state index contributed by atoms with van der Waals surface area (Å²) in [5.74, 6) is -2.19. The Morgan fingerprint density at radius 2 is 1.73 bits per heavy atom. The molecule has 0 radical (unpaired) electrons. The van der Waals surface area contributed by atoms with Crippen molar-refractivity contribution in [2.45, 2.75) is 31.8 Å². The molecule has 2 heterocycles. The summed E-state index contributed by atoms with van der Waals surface area (Å²) in [5, 5.41) is 2.47. The van der Waals surface area contributed by atoms with E-state index in [9.17, 15) is 23.2 Å². The number of nitrogens with one attached hydrogen (secondary N) is 1. The molecule has 1 N–H and O–H groups in total. The molecule has 4 rings (SSSR count). The summed E-state index contributed by atoms with van der Waals surface area (Å²) in [6.07, 6.45) is 2.00. The number of hydrogen-bond acceptors (Lipinski definition) is 3. The first kappa shape index (κ1) is 20.0. The summed E-state index contributed by atoms with van der Waals surface area (Å²) in [5.41, 5.74) is -0.741. The molecule has 0 bridgehead atoms. The van der Waals surface area contributed by atoms with E-state index in [0.717, 1.165) is 49.0 Å². The third-order valence-corrected chi connectivity index (χ3v) is 5.68. The van der Waals surface area contributed by atoms with Gasteiger partial charge in [-0.15, -0.1) is 0 Å². The van der Waals surface area contributed by atoms with Gasteiger partial charge >= 0.3 is 6.03 Å². The predicted octanol–water partition coefficient (Wildman–Crippen LogP) is 3.17. The predicted molar refractivity (Wildman–Crippen MR) is 104 cm³/mol. The summed E-state index contributed by atoms with van der Waals surface area (Å²) in [7, 11) is 0. The van der Waals surface area contributed by atoms with Gasteiger partial charge in [0.15, 0.2) is 0 Å². The number of benzene rings is 2. The van der Waals surface area contributed by atoms with Crippen molar-refractivity contribution in [1.82, 2.24) is 15.1 Å². The van der Waals surface area contributed by atoms with Crippen LogP contribution in [-0.4, -0.2) is 40.7 Å². The molecule has 2 saturated heterocycles. The molecular formula is C22H21F2N3O3. The fourth-order valence-electron chi connectivity index (χ4n) is 3.94. The highest BCUT2D eigenvalue weighted by molar-refractivity contribution is 6.07. The fourth-order valence-corrected chi connectivity index (χ4v) is 3.94. The third kappa shape index (κ3) is 3.42. The van der Waals surface area contributed by atoms with Crippen molar-refractivity contribution in [2.75, 3.05) is 13.1 Å². The first-order valence-corrected chi connectivity index (χ1v) is 9.77. The average Bonchev–Trinajstić information content (AvgIpc) is 3.34. The molecule has 2 aromatic rings. The Balaban J connectivity index is 1.52. The Morgan fingerprint density at radius 3 is 2.40 bits per heavy atom. The van der Waals surface area contributed by atoms with E-state index >= 15 is 0 Å². The second kappa shape index (κ2) is 7.51. The first-order chi connectivity index (χ1) is 14.3. The van der Waals surface area contributed by atoms with E-state index in [4.69, 9.17) is 0 Å². The van der Waals surface area contributed by atoms with Crippen LogP contribution in [0.15, 0.2) is 42.5 Å². The zero-order valence-corrected chi connectivity index (χ0v) is 16.5. The van der Waals surface area contributed by atoms with Gasteiger partial charge in [0.25, 0.3) is 11.8 Å². The molecule has 0 aliphatic carbocycles. The topological polar surface area (TPSA) is 69.7 Å². The van der Waals surface area contributed by atoms with E-state index in [1.165, 1.54) is 6.92 Å². The highest BCUT2D eigenvalue weighted by atomic mass is 19.1. The van der Waals surface area contributed by atoms with Crippen LogP contribution in [-0.2, 0) is 16.9 Å². The number of amides is 4. The van der Waals surface area contributed by atoms with Crippen LogP contribution in [0.25, 0.3) is 0 Å². The number of urea groups is 1. The largest absolute Gasteiger partial charge is 0.339 e. The average molecular weight is 413 g/mol. The zero-order valence-electron chi connectivity index (χ0n) is 16.5. The van der Waals surface area contributed by atoms with Crippen LogP contribution in [0.5, 0.6) is 0 Å². The lowest BCUT2D eigenvalue weighted by atomic mass is 9.91. The van der Waals surface area contributed by atoms with E-state index in [1.54, 1.807) is 29.2 Å². The molecular weight excluding hydrogens is 392 g/mol. The molecule has 1 unspecified atom stereocenters. The molecule has 0 aromatic heterocycles. The number of hydrogen-bond donors (Lipinski definition) is 1. The zero-order chi connectivity index (χ0) is 21.5. The monoisotopic (exact) mass is 413 g/mol. The lowest BCUT2D eigenvalue weighted by Crippen LogP contribution is -2.41. The van der Waals surface area contributed by atoms with Crippen molar-refractivity contribution < 1.29 is 23.2 Å². The van der Waals surface area contributed by atoms with Crippen molar-refractivity contribution in [1.29, 1.82) is 0 Å². The molecule has 2 aliphatic rings. The van der Waals surface area contributed by atoms with Gasteiger partial charge in [-0.1, -0.05) is 12.1 Å². The third-order valence-electron chi connectivity index (χ3n) is 5.68. The van der Waals surface area contributed by atoms with Gasteiger partial charge in [-0.25, -0.2) is 13.6 Å². The fraction of sp³-hybridized carbons (Fsp3) is 0.318. The highest BCUT2D eigenvalue weighted by Crippen LogP contribution is 2.32. The number of carbonyl (C=O) groups is 3. The Morgan fingerprint density at radius 1 is 1.07 bits per heavy atom. The first-order valence-electron chi connectivity index (χ1n) is 9.77. The van der Waals surface area contributed by atoms with Crippen LogP contribution in [0, 0.1) is 11.6 Å². The number of carbonyl (C=O) groups excluding carboxylic acids is 3. The maximum Gasteiger partial charge on any atom is 0.325 e. The minimum absolute atomic E-state index is 0.0387. The standard InChI is InChI=1S/C22H21F2N3O3/c1-22(17-12-16(23)8-9-18(17)24)20(29)27(21(30)25-22)13-14-4-6-15(7-5-14)19(28)26-10-2-3-11-26/h4-9,12H,2-3,10-11,13H2,1H3,(H,25,30). The number of halogens is 2. The summed E-state index contributed by atoms with van der Waals surface area (Å²) in [4.78, 5) is 40.6. The molecule has 2 aliphatic heterocycles. The Kier molecular flexibility index (Phi) is 5.01. The Labute approximate surface area is 172 Å². The van der Waals surface area contributed by atoms with Gasteiger partial charge in [0.1, 0.15) is 17.2 Å². The van der Waals surface area contributed by atoms with Gasteiger partial charge in [0.2, 0.25) is 0 Å². The Hall–Kier alpha value is -3.29. The lowest BCUT2D eigenvalue weighted by Gasteiger charge is -2.23. The minimum atomic E-state index is -1.70. The van der Waals surface area contributed by atoms with Crippen LogP contribution in [0.1, 0.15) is 41.3 Å². The highest BCUT2D eigenvalue weighted by Gasteiger charge is 2.50. The Bertz CT molecular complexity index is 1020. The van der Waals surface area contributed by atoms with Gasteiger partial charge in [-0.05, 0) is 55.7 Å². The van der Waals surface area contributed by atoms with Crippen LogP contribution >= 0.6 is 0 Å². The van der Waals surface area contributed by atoms with Crippen LogP contribution in [0.4, 0.5) is 13.6 Å². The minimum Gasteiger partial charge on any atom is -0.339 e. The number of nitrogens with zero attached hydrogens (tertiary/aromatic N) is 2. The van der Waals surface area contributed by atoms with Gasteiger partial charge < -0.3 is 10.2 Å². The maximum atomic E-state index is 14.2. The van der Waals surface area contributed by atoms with E-state index < -0.39 is 29.1 Å². The van der Waals surface area contributed by atoms with Gasteiger partial charge in [-0.3, -0.25) is 14.5 Å². The lowest BCUT2D eigenvalue weighted by molar-refractivity contribution is -0.131. The quantitative estimate of drug-likeness (QED) is 0.783. The van der Waals surface area contributed by atoms with Crippen molar-refractivity contribution >= 4 is 17.8 Å². The van der Waals surface area contributed by atoms with Crippen molar-refractivity contribution in [3.05, 3.63) is 70.8 Å². The summed E-state index contributed by atoms with van der Waals surface area (Å²) in [6.45, 7) is 2.80. The normalized spacial score (nSPS) is 21.3. The van der Waals surface area contributed by atoms with Crippen LogP contribution in [0.3, 0.4) is 0 Å². The molecule has 30 heavy (non-hydrogen) atoms. The van der Waals surface area contributed by atoms with E-state index in [-0.39, 0.29) is 18.0 Å². The van der Waals surface area contributed by atoms with Crippen LogP contribution in [0.2, 0.25) is 0 Å². The molecule has 6 nitrogen and oxygen atoms in total. The van der Waals surface area contributed by atoms with Gasteiger partial charge in [-0.2, -0.15) is 0 Å². The molecule has 0 spiro atoms. The van der Waals surface area contributed by atoms with Crippen molar-refractivity contribution in [2.24, 2.45) is 0 Å². The van der Waals surface area contributed by atoms with E-state index in [2.05, 4.69) is 5.32 Å². The summed E-state index contributed by atoms with van der Waals surface area (Å²) < 4.78 is 27.9. The molecule has 156 valence electrons. The molecule has 8 heteroatoms. The number of rotatable bonds is 4.